The summed E-state index contributed by atoms with van der Waals surface area (Å²) in [6.07, 6.45) is 0. The number of hydrogen-bond donors (Lipinski definition) is 1. The number of carbonyl (C=O) groups excluding carboxylic acids is 2. The second kappa shape index (κ2) is 7.80. The van der Waals surface area contributed by atoms with E-state index in [-0.39, 0.29) is 22.6 Å². The van der Waals surface area contributed by atoms with E-state index >= 15 is 0 Å². The molecule has 0 aliphatic carbocycles. The minimum atomic E-state index is -1.20. The summed E-state index contributed by atoms with van der Waals surface area (Å²) in [7, 11) is 0. The number of benzene rings is 3. The Balaban J connectivity index is 1.97. The topological polar surface area (TPSA) is 57.6 Å². The Morgan fingerprint density at radius 3 is 2.23 bits per heavy atom. The van der Waals surface area contributed by atoms with Gasteiger partial charge in [-0.1, -0.05) is 30.3 Å². The number of hydrogen-bond acceptors (Lipinski definition) is 3. The molecule has 0 saturated carbocycles. The Bertz CT molecular complexity index is 1230. The van der Waals surface area contributed by atoms with Crippen LogP contribution in [0.15, 0.2) is 72.3 Å². The average molecular weight is 419 g/mol. The largest absolute Gasteiger partial charge is 0.507 e. The predicted molar refractivity (Wildman–Crippen MR) is 113 cm³/mol. The van der Waals surface area contributed by atoms with Gasteiger partial charge in [-0.05, 0) is 61.4 Å². The first-order chi connectivity index (χ1) is 14.8. The van der Waals surface area contributed by atoms with Crippen LogP contribution in [0.1, 0.15) is 28.3 Å². The maximum atomic E-state index is 14.8. The molecule has 0 bridgehead atoms. The third kappa shape index (κ3) is 3.50. The molecule has 1 atom stereocenters. The second-order valence-electron chi connectivity index (χ2n) is 7.47. The van der Waals surface area contributed by atoms with Crippen LogP contribution in [0.5, 0.6) is 0 Å². The molecule has 0 spiro atoms. The molecule has 3 aromatic carbocycles. The number of Topliss-reactive ketones (excluding diaryl/α,β-unsaturated/α-hetero) is 1. The number of nitrogens with zero attached hydrogens (tertiary/aromatic N) is 1. The van der Waals surface area contributed by atoms with Crippen molar-refractivity contribution in [3.8, 4) is 0 Å². The molecule has 0 radical (unpaired) electrons. The van der Waals surface area contributed by atoms with Crippen LogP contribution >= 0.6 is 0 Å². The minimum absolute atomic E-state index is 0.0522. The number of aliphatic hydroxyl groups is 1. The molecule has 4 rings (SSSR count). The van der Waals surface area contributed by atoms with Crippen molar-refractivity contribution in [2.75, 3.05) is 4.90 Å². The van der Waals surface area contributed by atoms with E-state index in [2.05, 4.69) is 0 Å². The van der Waals surface area contributed by atoms with Crippen LogP contribution in [0.25, 0.3) is 5.76 Å². The maximum absolute atomic E-state index is 14.8. The summed E-state index contributed by atoms with van der Waals surface area (Å²) in [5.74, 6) is -3.40. The molecule has 1 heterocycles. The average Bonchev–Trinajstić information content (AvgIpc) is 3.01. The van der Waals surface area contributed by atoms with Crippen molar-refractivity contribution in [2.24, 2.45) is 0 Å². The van der Waals surface area contributed by atoms with Gasteiger partial charge in [-0.2, -0.15) is 0 Å². The van der Waals surface area contributed by atoms with E-state index in [4.69, 9.17) is 0 Å². The summed E-state index contributed by atoms with van der Waals surface area (Å²) in [6.45, 7) is 3.77. The van der Waals surface area contributed by atoms with Gasteiger partial charge in [0.2, 0.25) is 0 Å². The number of halogens is 2. The summed E-state index contributed by atoms with van der Waals surface area (Å²) in [5, 5.41) is 11.1. The highest BCUT2D eigenvalue weighted by atomic mass is 19.1. The maximum Gasteiger partial charge on any atom is 0.300 e. The minimum Gasteiger partial charge on any atom is -0.507 e. The fraction of sp³-hybridized carbons (Fsp3) is 0.120. The number of rotatable bonds is 3. The molecular formula is C25H19F2NO3. The SMILES string of the molecule is Cc1ccc(/C(O)=C2\C(=O)C(=O)N(c3ccc(F)cc3)C2c2ccccc2F)cc1C. The Morgan fingerprint density at radius 2 is 1.58 bits per heavy atom. The number of aryl methyl sites for hydroxylation is 2. The first-order valence-electron chi connectivity index (χ1n) is 9.68. The lowest BCUT2D eigenvalue weighted by Gasteiger charge is -2.25. The molecule has 156 valence electrons. The molecule has 0 aromatic heterocycles. The zero-order chi connectivity index (χ0) is 22.3. The molecule has 3 aromatic rings. The van der Waals surface area contributed by atoms with Gasteiger partial charge in [-0.25, -0.2) is 8.78 Å². The van der Waals surface area contributed by atoms with Gasteiger partial charge in [0.05, 0.1) is 11.6 Å². The Kier molecular flexibility index (Phi) is 5.15. The van der Waals surface area contributed by atoms with E-state index in [1.165, 1.54) is 30.3 Å². The molecule has 1 N–H and O–H groups in total. The van der Waals surface area contributed by atoms with E-state index in [0.717, 1.165) is 28.2 Å². The summed E-state index contributed by atoms with van der Waals surface area (Å²) in [5.41, 5.74) is 2.28. The van der Waals surface area contributed by atoms with Crippen LogP contribution in [0.3, 0.4) is 0 Å². The highest BCUT2D eigenvalue weighted by molar-refractivity contribution is 6.51. The number of amides is 1. The van der Waals surface area contributed by atoms with Crippen molar-refractivity contribution in [3.63, 3.8) is 0 Å². The van der Waals surface area contributed by atoms with E-state index in [0.29, 0.717) is 5.56 Å². The van der Waals surface area contributed by atoms with Gasteiger partial charge in [0.15, 0.2) is 0 Å². The monoisotopic (exact) mass is 419 g/mol. The van der Waals surface area contributed by atoms with Crippen LogP contribution in [0, 0.1) is 25.5 Å². The van der Waals surface area contributed by atoms with E-state index < -0.39 is 29.4 Å². The van der Waals surface area contributed by atoms with Crippen LogP contribution in [0.2, 0.25) is 0 Å². The summed E-state index contributed by atoms with van der Waals surface area (Å²) in [4.78, 5) is 27.1. The fourth-order valence-corrected chi connectivity index (χ4v) is 3.74. The van der Waals surface area contributed by atoms with Crippen molar-refractivity contribution in [1.29, 1.82) is 0 Å². The highest BCUT2D eigenvalue weighted by Gasteiger charge is 2.47. The molecule has 1 saturated heterocycles. The van der Waals surface area contributed by atoms with Gasteiger partial charge in [-0.3, -0.25) is 14.5 Å². The van der Waals surface area contributed by atoms with Gasteiger partial charge in [0, 0.05) is 16.8 Å². The molecule has 1 fully saturated rings. The number of anilines is 1. The number of aliphatic hydroxyl groups excluding tert-OH is 1. The van der Waals surface area contributed by atoms with Gasteiger partial charge < -0.3 is 5.11 Å². The normalized spacial score (nSPS) is 17.9. The summed E-state index contributed by atoms with van der Waals surface area (Å²) < 4.78 is 28.2. The first-order valence-corrected chi connectivity index (χ1v) is 9.68. The van der Waals surface area contributed by atoms with Gasteiger partial charge in [0.1, 0.15) is 17.4 Å². The van der Waals surface area contributed by atoms with Crippen molar-refractivity contribution in [2.45, 2.75) is 19.9 Å². The third-order valence-corrected chi connectivity index (χ3v) is 5.53. The smallest absolute Gasteiger partial charge is 0.300 e. The molecule has 1 amide bonds. The van der Waals surface area contributed by atoms with Crippen molar-refractivity contribution >= 4 is 23.1 Å². The standard InChI is InChI=1S/C25H19F2NO3/c1-14-7-8-16(13-15(14)2)23(29)21-22(19-5-3-4-6-20(19)27)28(25(31)24(21)30)18-11-9-17(26)10-12-18/h3-13,22,29H,1-2H3/b23-21+. The number of carbonyl (C=O) groups is 2. The lowest BCUT2D eigenvalue weighted by Crippen LogP contribution is -2.29. The van der Waals surface area contributed by atoms with Gasteiger partial charge in [0.25, 0.3) is 11.7 Å². The lowest BCUT2D eigenvalue weighted by atomic mass is 9.94. The quantitative estimate of drug-likeness (QED) is 0.360. The molecule has 1 aliphatic heterocycles. The fourth-order valence-electron chi connectivity index (χ4n) is 3.74. The molecule has 1 unspecified atom stereocenters. The molecule has 1 aliphatic rings. The Labute approximate surface area is 178 Å². The molecule has 6 heteroatoms. The predicted octanol–water partition coefficient (Wildman–Crippen LogP) is 5.21. The zero-order valence-electron chi connectivity index (χ0n) is 16.9. The number of ketones is 1. The molecule has 31 heavy (non-hydrogen) atoms. The van der Waals surface area contributed by atoms with Crippen LogP contribution < -0.4 is 4.90 Å². The Hall–Kier alpha value is -3.80. The van der Waals surface area contributed by atoms with E-state index in [9.17, 15) is 23.5 Å². The highest BCUT2D eigenvalue weighted by Crippen LogP contribution is 2.43. The van der Waals surface area contributed by atoms with Crippen molar-refractivity contribution in [3.05, 3.63) is 106 Å². The molecule has 4 nitrogen and oxygen atoms in total. The van der Waals surface area contributed by atoms with Crippen LogP contribution in [-0.2, 0) is 9.59 Å². The van der Waals surface area contributed by atoms with Gasteiger partial charge >= 0.3 is 0 Å². The van der Waals surface area contributed by atoms with Crippen LogP contribution in [0.4, 0.5) is 14.5 Å². The first kappa shape index (κ1) is 20.5. The van der Waals surface area contributed by atoms with Crippen molar-refractivity contribution in [1.82, 2.24) is 0 Å². The Morgan fingerprint density at radius 1 is 0.903 bits per heavy atom. The van der Waals surface area contributed by atoms with E-state index in [1.807, 2.05) is 13.8 Å². The lowest BCUT2D eigenvalue weighted by molar-refractivity contribution is -0.132. The second-order valence-corrected chi connectivity index (χ2v) is 7.47. The summed E-state index contributed by atoms with van der Waals surface area (Å²) in [6, 6.07) is 14.7. The third-order valence-electron chi connectivity index (χ3n) is 5.53. The van der Waals surface area contributed by atoms with Gasteiger partial charge in [-0.15, -0.1) is 0 Å². The van der Waals surface area contributed by atoms with Crippen molar-refractivity contribution < 1.29 is 23.5 Å². The molecular weight excluding hydrogens is 400 g/mol. The van der Waals surface area contributed by atoms with Crippen LogP contribution in [-0.4, -0.2) is 16.8 Å². The summed E-state index contributed by atoms with van der Waals surface area (Å²) >= 11 is 0. The zero-order valence-corrected chi connectivity index (χ0v) is 16.9. The van der Waals surface area contributed by atoms with E-state index in [1.54, 1.807) is 24.3 Å².